The second-order valence-corrected chi connectivity index (χ2v) is 6.83. The number of rotatable bonds is 7. The Kier molecular flexibility index (Phi) is 6.18. The van der Waals surface area contributed by atoms with Gasteiger partial charge in [0, 0.05) is 50.6 Å². The minimum absolute atomic E-state index is 0.528. The molecule has 0 spiro atoms. The first-order chi connectivity index (χ1) is 12.2. The number of nitrogens with zero attached hydrogens (tertiary/aromatic N) is 4. The van der Waals surface area contributed by atoms with E-state index in [0.29, 0.717) is 19.0 Å². The Balaban J connectivity index is 1.74. The van der Waals surface area contributed by atoms with Gasteiger partial charge in [0.05, 0.1) is 5.52 Å². The van der Waals surface area contributed by atoms with E-state index in [0.717, 1.165) is 61.7 Å². The summed E-state index contributed by atoms with van der Waals surface area (Å²) in [5.41, 5.74) is 6.68. The molecule has 6 nitrogen and oxygen atoms in total. The molecule has 6 heteroatoms. The highest BCUT2D eigenvalue weighted by molar-refractivity contribution is 5.88. The lowest BCUT2D eigenvalue weighted by molar-refractivity contribution is 0.114. The lowest BCUT2D eigenvalue weighted by Crippen LogP contribution is -2.50. The maximum atomic E-state index is 5.70. The Morgan fingerprint density at radius 1 is 1.16 bits per heavy atom. The fourth-order valence-corrected chi connectivity index (χ4v) is 3.43. The zero-order valence-corrected chi connectivity index (χ0v) is 15.4. The number of hydrogen-bond donors (Lipinski definition) is 2. The molecular weight excluding hydrogens is 312 g/mol. The molecule has 1 aliphatic heterocycles. The second kappa shape index (κ2) is 8.56. The van der Waals surface area contributed by atoms with Crippen molar-refractivity contribution in [3.63, 3.8) is 0 Å². The van der Waals surface area contributed by atoms with Gasteiger partial charge in [0.2, 0.25) is 0 Å². The molecule has 2 heterocycles. The van der Waals surface area contributed by atoms with Gasteiger partial charge in [-0.1, -0.05) is 19.1 Å². The normalized spacial score (nSPS) is 17.7. The van der Waals surface area contributed by atoms with E-state index < -0.39 is 0 Å². The number of aromatic nitrogens is 2. The summed E-state index contributed by atoms with van der Waals surface area (Å²) >= 11 is 0. The Morgan fingerprint density at radius 3 is 2.64 bits per heavy atom. The molecule has 3 N–H and O–H groups in total. The molecule has 136 valence electrons. The number of piperazine rings is 1. The molecule has 0 saturated carbocycles. The Labute approximate surface area is 150 Å². The van der Waals surface area contributed by atoms with E-state index in [1.54, 1.807) is 0 Å². The maximum absolute atomic E-state index is 5.70. The van der Waals surface area contributed by atoms with E-state index in [4.69, 9.17) is 10.7 Å². The van der Waals surface area contributed by atoms with Crippen LogP contribution in [-0.4, -0.2) is 72.1 Å². The van der Waals surface area contributed by atoms with Gasteiger partial charge >= 0.3 is 0 Å². The van der Waals surface area contributed by atoms with Crippen LogP contribution in [0.25, 0.3) is 10.9 Å². The van der Waals surface area contributed by atoms with Crippen molar-refractivity contribution in [1.29, 1.82) is 0 Å². The molecule has 1 unspecified atom stereocenters. The van der Waals surface area contributed by atoms with Gasteiger partial charge in [-0.05, 0) is 32.1 Å². The van der Waals surface area contributed by atoms with Crippen LogP contribution in [0.15, 0.2) is 24.3 Å². The number of anilines is 1. The summed E-state index contributed by atoms with van der Waals surface area (Å²) in [6.07, 6.45) is 1.84. The van der Waals surface area contributed by atoms with Gasteiger partial charge < -0.3 is 16.0 Å². The fourth-order valence-electron chi connectivity index (χ4n) is 3.43. The van der Waals surface area contributed by atoms with Gasteiger partial charge in [-0.3, -0.25) is 4.90 Å². The van der Waals surface area contributed by atoms with Gasteiger partial charge in [-0.2, -0.15) is 0 Å². The van der Waals surface area contributed by atoms with E-state index in [1.807, 2.05) is 18.2 Å². The molecule has 0 bridgehead atoms. The van der Waals surface area contributed by atoms with Gasteiger partial charge in [0.1, 0.15) is 11.6 Å². The first kappa shape index (κ1) is 18.0. The lowest BCUT2D eigenvalue weighted by atomic mass is 10.1. The monoisotopic (exact) mass is 342 g/mol. The highest BCUT2D eigenvalue weighted by atomic mass is 15.3. The number of benzene rings is 1. The fraction of sp³-hybridized carbons (Fsp3) is 0.579. The van der Waals surface area contributed by atoms with Crippen molar-refractivity contribution >= 4 is 16.7 Å². The van der Waals surface area contributed by atoms with Crippen LogP contribution in [0.1, 0.15) is 19.2 Å². The van der Waals surface area contributed by atoms with Crippen molar-refractivity contribution in [1.82, 2.24) is 19.8 Å². The molecule has 0 aliphatic carbocycles. The third-order valence-electron chi connectivity index (χ3n) is 5.05. The van der Waals surface area contributed by atoms with Gasteiger partial charge in [-0.15, -0.1) is 0 Å². The van der Waals surface area contributed by atoms with Crippen LogP contribution in [0, 0.1) is 0 Å². The average molecular weight is 342 g/mol. The van der Waals surface area contributed by atoms with Gasteiger partial charge in [0.15, 0.2) is 0 Å². The summed E-state index contributed by atoms with van der Waals surface area (Å²) in [5, 5.41) is 4.68. The standard InChI is InChI=1S/C19H30N6/c1-3-15(25-12-10-24(2)11-13-25)14-21-19-16-6-4-5-7-17(16)22-18(23-19)8-9-20/h4-7,15H,3,8-14,20H2,1-2H3,(H,21,22,23). The minimum atomic E-state index is 0.528. The van der Waals surface area contributed by atoms with E-state index in [-0.39, 0.29) is 0 Å². The number of fused-ring (bicyclic) bond motifs is 1. The van der Waals surface area contributed by atoms with Crippen molar-refractivity contribution < 1.29 is 0 Å². The molecule has 1 aromatic heterocycles. The molecule has 0 radical (unpaired) electrons. The largest absolute Gasteiger partial charge is 0.368 e. The predicted molar refractivity (Wildman–Crippen MR) is 104 cm³/mol. The summed E-state index contributed by atoms with van der Waals surface area (Å²) in [4.78, 5) is 14.3. The van der Waals surface area contributed by atoms with Crippen LogP contribution >= 0.6 is 0 Å². The topological polar surface area (TPSA) is 70.3 Å². The van der Waals surface area contributed by atoms with Crippen LogP contribution in [0.3, 0.4) is 0 Å². The predicted octanol–water partition coefficient (Wildman–Crippen LogP) is 1.57. The molecule has 2 aromatic rings. The van der Waals surface area contributed by atoms with Crippen molar-refractivity contribution in [3.05, 3.63) is 30.1 Å². The van der Waals surface area contributed by atoms with Crippen LogP contribution in [0.4, 0.5) is 5.82 Å². The van der Waals surface area contributed by atoms with E-state index >= 15 is 0 Å². The van der Waals surface area contributed by atoms with E-state index in [1.165, 1.54) is 0 Å². The summed E-state index contributed by atoms with van der Waals surface area (Å²) in [5.74, 6) is 1.75. The first-order valence-electron chi connectivity index (χ1n) is 9.33. The van der Waals surface area contributed by atoms with Crippen molar-refractivity contribution in [2.45, 2.75) is 25.8 Å². The number of nitrogens with one attached hydrogen (secondary N) is 1. The number of likely N-dealkylation sites (N-methyl/N-ethyl adjacent to an activating group) is 1. The van der Waals surface area contributed by atoms with Crippen molar-refractivity contribution in [2.75, 3.05) is 51.6 Å². The summed E-state index contributed by atoms with van der Waals surface area (Å²) in [6.45, 7) is 8.31. The second-order valence-electron chi connectivity index (χ2n) is 6.83. The van der Waals surface area contributed by atoms with Gasteiger partial charge in [0.25, 0.3) is 0 Å². The first-order valence-corrected chi connectivity index (χ1v) is 9.33. The highest BCUT2D eigenvalue weighted by Gasteiger charge is 2.21. The molecule has 1 saturated heterocycles. The molecule has 25 heavy (non-hydrogen) atoms. The van der Waals surface area contributed by atoms with E-state index in [9.17, 15) is 0 Å². The summed E-state index contributed by atoms with van der Waals surface area (Å²) in [7, 11) is 2.20. The minimum Gasteiger partial charge on any atom is -0.368 e. The molecule has 1 atom stereocenters. The molecule has 3 rings (SSSR count). The van der Waals surface area contributed by atoms with Crippen LogP contribution in [0.5, 0.6) is 0 Å². The molecule has 1 aromatic carbocycles. The summed E-state index contributed by atoms with van der Waals surface area (Å²) in [6, 6.07) is 8.71. The third-order valence-corrected chi connectivity index (χ3v) is 5.05. The Bertz CT molecular complexity index is 681. The van der Waals surface area contributed by atoms with Crippen LogP contribution in [0.2, 0.25) is 0 Å². The smallest absolute Gasteiger partial charge is 0.137 e. The van der Waals surface area contributed by atoms with Crippen molar-refractivity contribution in [2.24, 2.45) is 5.73 Å². The molecule has 0 amide bonds. The van der Waals surface area contributed by atoms with Crippen molar-refractivity contribution in [3.8, 4) is 0 Å². The number of hydrogen-bond acceptors (Lipinski definition) is 6. The van der Waals surface area contributed by atoms with Crippen LogP contribution in [-0.2, 0) is 6.42 Å². The zero-order valence-electron chi connectivity index (χ0n) is 15.4. The quantitative estimate of drug-likeness (QED) is 0.796. The van der Waals surface area contributed by atoms with E-state index in [2.05, 4.69) is 40.1 Å². The molecule has 1 fully saturated rings. The SMILES string of the molecule is CCC(CNc1nc(CCN)nc2ccccc12)N1CCN(C)CC1. The lowest BCUT2D eigenvalue weighted by Gasteiger charge is -2.37. The molecule has 1 aliphatic rings. The zero-order chi connectivity index (χ0) is 17.6. The maximum Gasteiger partial charge on any atom is 0.137 e. The Morgan fingerprint density at radius 2 is 1.92 bits per heavy atom. The third kappa shape index (κ3) is 4.45. The number of nitrogens with two attached hydrogens (primary N) is 1. The van der Waals surface area contributed by atoms with Crippen LogP contribution < -0.4 is 11.1 Å². The average Bonchev–Trinajstić information content (AvgIpc) is 2.63. The summed E-state index contributed by atoms with van der Waals surface area (Å²) < 4.78 is 0. The highest BCUT2D eigenvalue weighted by Crippen LogP contribution is 2.21. The molecular formula is C19H30N6. The number of para-hydroxylation sites is 1. The van der Waals surface area contributed by atoms with Gasteiger partial charge in [-0.25, -0.2) is 9.97 Å². The Hall–Kier alpha value is -1.76.